The molecule has 1 aliphatic rings. The molecule has 0 unspecified atom stereocenters. The van der Waals surface area contributed by atoms with Crippen LogP contribution in [0.1, 0.15) is 18.4 Å². The number of halogens is 1. The third-order valence-electron chi connectivity index (χ3n) is 3.15. The SMILES string of the molecule is N#Cc1ccc(N2CCC(C=O)CC2)c(Cl)c1. The van der Waals surface area contributed by atoms with E-state index in [0.29, 0.717) is 10.6 Å². The van der Waals surface area contributed by atoms with Crippen molar-refractivity contribution >= 4 is 23.6 Å². The predicted molar refractivity (Wildman–Crippen MR) is 67.2 cm³/mol. The van der Waals surface area contributed by atoms with Crippen molar-refractivity contribution in [2.75, 3.05) is 18.0 Å². The number of anilines is 1. The van der Waals surface area contributed by atoms with Crippen molar-refractivity contribution in [2.45, 2.75) is 12.8 Å². The highest BCUT2D eigenvalue weighted by Gasteiger charge is 2.20. The largest absolute Gasteiger partial charge is 0.370 e. The monoisotopic (exact) mass is 248 g/mol. The third kappa shape index (κ3) is 2.59. The highest BCUT2D eigenvalue weighted by atomic mass is 35.5. The van der Waals surface area contributed by atoms with Gasteiger partial charge in [0.2, 0.25) is 0 Å². The van der Waals surface area contributed by atoms with Crippen molar-refractivity contribution in [3.63, 3.8) is 0 Å². The number of aldehydes is 1. The van der Waals surface area contributed by atoms with E-state index in [9.17, 15) is 4.79 Å². The van der Waals surface area contributed by atoms with Crippen LogP contribution in [0.5, 0.6) is 0 Å². The minimum atomic E-state index is 0.184. The molecule has 3 nitrogen and oxygen atoms in total. The Bertz CT molecular complexity index is 459. The maximum atomic E-state index is 10.7. The van der Waals surface area contributed by atoms with Gasteiger partial charge in [0.15, 0.2) is 0 Å². The molecule has 0 atom stereocenters. The van der Waals surface area contributed by atoms with Crippen molar-refractivity contribution in [1.82, 2.24) is 0 Å². The molecule has 0 radical (unpaired) electrons. The molecule has 4 heteroatoms. The summed E-state index contributed by atoms with van der Waals surface area (Å²) in [4.78, 5) is 12.8. The van der Waals surface area contributed by atoms with Crippen LogP contribution in [-0.2, 0) is 4.79 Å². The first kappa shape index (κ1) is 11.9. The molecular formula is C13H13ClN2O. The van der Waals surface area contributed by atoms with Crippen LogP contribution in [0.2, 0.25) is 5.02 Å². The topological polar surface area (TPSA) is 44.1 Å². The summed E-state index contributed by atoms with van der Waals surface area (Å²) in [5.41, 5.74) is 1.52. The van der Waals surface area contributed by atoms with Gasteiger partial charge < -0.3 is 9.69 Å². The molecule has 1 aliphatic heterocycles. The van der Waals surface area contributed by atoms with Gasteiger partial charge in [0.1, 0.15) is 6.29 Å². The molecular weight excluding hydrogens is 236 g/mol. The second-order valence-electron chi connectivity index (χ2n) is 4.24. The Morgan fingerprint density at radius 1 is 1.41 bits per heavy atom. The van der Waals surface area contributed by atoms with Crippen LogP contribution >= 0.6 is 11.6 Å². The molecule has 0 amide bonds. The number of carbonyl (C=O) groups excluding carboxylic acids is 1. The van der Waals surface area contributed by atoms with Gasteiger partial charge in [-0.25, -0.2) is 0 Å². The number of benzene rings is 1. The quantitative estimate of drug-likeness (QED) is 0.756. The van der Waals surface area contributed by atoms with Gasteiger partial charge in [-0.3, -0.25) is 0 Å². The molecule has 0 aliphatic carbocycles. The first-order valence-corrected chi connectivity index (χ1v) is 6.02. The normalized spacial score (nSPS) is 16.6. The van der Waals surface area contributed by atoms with Crippen LogP contribution < -0.4 is 4.90 Å². The van der Waals surface area contributed by atoms with Gasteiger partial charge in [0.25, 0.3) is 0 Å². The Hall–Kier alpha value is -1.53. The molecule has 1 fully saturated rings. The first-order valence-electron chi connectivity index (χ1n) is 5.64. The van der Waals surface area contributed by atoms with E-state index in [1.54, 1.807) is 12.1 Å². The summed E-state index contributed by atoms with van der Waals surface area (Å²) in [5.74, 6) is 0.184. The zero-order valence-electron chi connectivity index (χ0n) is 9.40. The van der Waals surface area contributed by atoms with Crippen molar-refractivity contribution in [3.8, 4) is 6.07 Å². The molecule has 1 saturated heterocycles. The van der Waals surface area contributed by atoms with Gasteiger partial charge in [-0.2, -0.15) is 5.26 Å². The van der Waals surface area contributed by atoms with E-state index in [4.69, 9.17) is 16.9 Å². The number of nitrogens with zero attached hydrogens (tertiary/aromatic N) is 2. The molecule has 0 aromatic heterocycles. The number of rotatable bonds is 2. The Morgan fingerprint density at radius 2 is 2.12 bits per heavy atom. The summed E-state index contributed by atoms with van der Waals surface area (Å²) in [6, 6.07) is 7.40. The van der Waals surface area contributed by atoms with Crippen LogP contribution in [-0.4, -0.2) is 19.4 Å². The fraction of sp³-hybridized carbons (Fsp3) is 0.385. The number of carbonyl (C=O) groups is 1. The number of piperidine rings is 1. The molecule has 1 heterocycles. The Balaban J connectivity index is 2.14. The maximum Gasteiger partial charge on any atom is 0.123 e. The minimum Gasteiger partial charge on any atom is -0.370 e. The van der Waals surface area contributed by atoms with Crippen molar-refractivity contribution < 1.29 is 4.79 Å². The number of nitriles is 1. The summed E-state index contributed by atoms with van der Waals surface area (Å²) in [6.45, 7) is 1.68. The molecule has 0 bridgehead atoms. The molecule has 0 saturated carbocycles. The van der Waals surface area contributed by atoms with Gasteiger partial charge in [-0.15, -0.1) is 0 Å². The second kappa shape index (κ2) is 5.20. The van der Waals surface area contributed by atoms with E-state index < -0.39 is 0 Å². The van der Waals surface area contributed by atoms with Crippen LogP contribution in [0.3, 0.4) is 0 Å². The number of hydrogen-bond acceptors (Lipinski definition) is 3. The molecule has 88 valence electrons. The van der Waals surface area contributed by atoms with Crippen LogP contribution in [0.25, 0.3) is 0 Å². The molecule has 1 aromatic carbocycles. The fourth-order valence-electron chi connectivity index (χ4n) is 2.11. The average Bonchev–Trinajstić information content (AvgIpc) is 2.39. The third-order valence-corrected chi connectivity index (χ3v) is 3.45. The van der Waals surface area contributed by atoms with Gasteiger partial charge >= 0.3 is 0 Å². The first-order chi connectivity index (χ1) is 8.24. The van der Waals surface area contributed by atoms with E-state index in [1.807, 2.05) is 6.07 Å². The minimum absolute atomic E-state index is 0.184. The smallest absolute Gasteiger partial charge is 0.123 e. The predicted octanol–water partition coefficient (Wildman–Crippen LogP) is 2.63. The summed E-state index contributed by atoms with van der Waals surface area (Å²) in [7, 11) is 0. The lowest BCUT2D eigenvalue weighted by Crippen LogP contribution is -2.34. The molecule has 0 N–H and O–H groups in total. The van der Waals surface area contributed by atoms with Gasteiger partial charge in [-0.05, 0) is 31.0 Å². The van der Waals surface area contributed by atoms with E-state index in [2.05, 4.69) is 11.0 Å². The average molecular weight is 249 g/mol. The van der Waals surface area contributed by atoms with E-state index >= 15 is 0 Å². The lowest BCUT2D eigenvalue weighted by Gasteiger charge is -2.32. The highest BCUT2D eigenvalue weighted by Crippen LogP contribution is 2.29. The zero-order valence-corrected chi connectivity index (χ0v) is 10.2. The Labute approximate surface area is 106 Å². The maximum absolute atomic E-state index is 10.7. The summed E-state index contributed by atoms with van der Waals surface area (Å²) < 4.78 is 0. The van der Waals surface area contributed by atoms with Crippen LogP contribution in [0, 0.1) is 17.2 Å². The summed E-state index contributed by atoms with van der Waals surface area (Å²) in [6.07, 6.45) is 2.79. The second-order valence-corrected chi connectivity index (χ2v) is 4.65. The molecule has 0 spiro atoms. The van der Waals surface area contributed by atoms with Crippen LogP contribution in [0.15, 0.2) is 18.2 Å². The standard InChI is InChI=1S/C13H13ClN2O/c14-12-7-11(8-15)1-2-13(12)16-5-3-10(9-17)4-6-16/h1-2,7,9-10H,3-6H2. The molecule has 1 aromatic rings. The van der Waals surface area contributed by atoms with Gasteiger partial charge in [0, 0.05) is 19.0 Å². The van der Waals surface area contributed by atoms with Crippen LogP contribution in [0.4, 0.5) is 5.69 Å². The molecule has 17 heavy (non-hydrogen) atoms. The van der Waals surface area contributed by atoms with Gasteiger partial charge in [0.05, 0.1) is 22.3 Å². The van der Waals surface area contributed by atoms with Crippen molar-refractivity contribution in [1.29, 1.82) is 5.26 Å². The lowest BCUT2D eigenvalue weighted by molar-refractivity contribution is -0.111. The number of hydrogen-bond donors (Lipinski definition) is 0. The Morgan fingerprint density at radius 3 is 2.65 bits per heavy atom. The summed E-state index contributed by atoms with van der Waals surface area (Å²) in [5, 5.41) is 9.37. The molecule has 2 rings (SSSR count). The van der Waals surface area contributed by atoms with Gasteiger partial charge in [-0.1, -0.05) is 11.6 Å². The van der Waals surface area contributed by atoms with Crippen molar-refractivity contribution in [2.24, 2.45) is 5.92 Å². The van der Waals surface area contributed by atoms with E-state index in [1.165, 1.54) is 0 Å². The van der Waals surface area contributed by atoms with E-state index in [0.717, 1.165) is 37.9 Å². The highest BCUT2D eigenvalue weighted by molar-refractivity contribution is 6.33. The van der Waals surface area contributed by atoms with Crippen molar-refractivity contribution in [3.05, 3.63) is 28.8 Å². The Kier molecular flexibility index (Phi) is 3.65. The lowest BCUT2D eigenvalue weighted by atomic mass is 9.98. The summed E-state index contributed by atoms with van der Waals surface area (Å²) >= 11 is 6.15. The fourth-order valence-corrected chi connectivity index (χ4v) is 2.41. The van der Waals surface area contributed by atoms with E-state index in [-0.39, 0.29) is 5.92 Å². The zero-order chi connectivity index (χ0) is 12.3.